The minimum atomic E-state index is -0.976. The van der Waals surface area contributed by atoms with Gasteiger partial charge in [-0.25, -0.2) is 9.48 Å². The molecule has 6 nitrogen and oxygen atoms in total. The Morgan fingerprint density at radius 3 is 2.67 bits per heavy atom. The van der Waals surface area contributed by atoms with E-state index in [-0.39, 0.29) is 23.8 Å². The van der Waals surface area contributed by atoms with E-state index in [9.17, 15) is 9.59 Å². The van der Waals surface area contributed by atoms with Crippen LogP contribution in [0.15, 0.2) is 54.7 Å². The quantitative estimate of drug-likeness (QED) is 0.720. The fourth-order valence-electron chi connectivity index (χ4n) is 3.33. The van der Waals surface area contributed by atoms with E-state index >= 15 is 0 Å². The van der Waals surface area contributed by atoms with Gasteiger partial charge in [0.1, 0.15) is 5.82 Å². The molecule has 0 saturated carbocycles. The minimum Gasteiger partial charge on any atom is -0.478 e. The molecule has 1 aliphatic heterocycles. The Morgan fingerprint density at radius 2 is 1.96 bits per heavy atom. The number of carbonyl (C=O) groups excluding carboxylic acids is 1. The molecule has 1 amide bonds. The maximum absolute atomic E-state index is 12.3. The van der Waals surface area contributed by atoms with Crippen molar-refractivity contribution < 1.29 is 14.7 Å². The van der Waals surface area contributed by atoms with E-state index < -0.39 is 5.97 Å². The first kappa shape index (κ1) is 17.3. The highest BCUT2D eigenvalue weighted by molar-refractivity contribution is 6.31. The third-order valence-corrected chi connectivity index (χ3v) is 5.10. The summed E-state index contributed by atoms with van der Waals surface area (Å²) in [6, 6.07) is 14.1. The molecule has 0 saturated heterocycles. The second kappa shape index (κ2) is 6.89. The van der Waals surface area contributed by atoms with Crippen molar-refractivity contribution in [2.75, 3.05) is 5.32 Å². The average molecular weight is 382 g/mol. The number of aromatic nitrogens is 2. The van der Waals surface area contributed by atoms with Gasteiger partial charge in [0.15, 0.2) is 0 Å². The zero-order valence-corrected chi connectivity index (χ0v) is 15.0. The summed E-state index contributed by atoms with van der Waals surface area (Å²) in [5.74, 6) is -0.595. The molecule has 4 rings (SSSR count). The highest BCUT2D eigenvalue weighted by Gasteiger charge is 2.30. The Balaban J connectivity index is 1.69. The Labute approximate surface area is 160 Å². The van der Waals surface area contributed by atoms with Crippen LogP contribution in [0.1, 0.15) is 39.4 Å². The van der Waals surface area contributed by atoms with E-state index in [4.69, 9.17) is 16.7 Å². The number of hydrogen-bond donors (Lipinski definition) is 2. The summed E-state index contributed by atoms with van der Waals surface area (Å²) in [7, 11) is 0. The molecule has 0 fully saturated rings. The van der Waals surface area contributed by atoms with Gasteiger partial charge in [0.05, 0.1) is 18.3 Å². The number of halogens is 1. The molecule has 0 bridgehead atoms. The summed E-state index contributed by atoms with van der Waals surface area (Å²) in [4.78, 5) is 23.3. The van der Waals surface area contributed by atoms with E-state index in [0.717, 1.165) is 16.7 Å². The predicted octanol–water partition coefficient (Wildman–Crippen LogP) is 3.76. The molecule has 7 heteroatoms. The van der Waals surface area contributed by atoms with E-state index in [1.165, 1.54) is 0 Å². The molecule has 1 aromatic heterocycles. The number of nitrogens with one attached hydrogen (secondary N) is 1. The van der Waals surface area contributed by atoms with Crippen LogP contribution in [0, 0.1) is 0 Å². The predicted molar refractivity (Wildman–Crippen MR) is 101 cm³/mol. The number of amides is 1. The van der Waals surface area contributed by atoms with Gasteiger partial charge < -0.3 is 10.4 Å². The molecule has 1 aliphatic rings. The van der Waals surface area contributed by atoms with Crippen molar-refractivity contribution in [2.24, 2.45) is 0 Å². The van der Waals surface area contributed by atoms with Crippen LogP contribution in [0.5, 0.6) is 0 Å². The summed E-state index contributed by atoms with van der Waals surface area (Å²) in [5, 5.41) is 17.0. The number of fused-ring (bicyclic) bond motifs is 1. The lowest BCUT2D eigenvalue weighted by Crippen LogP contribution is -2.25. The van der Waals surface area contributed by atoms with Crippen LogP contribution in [-0.4, -0.2) is 26.8 Å². The highest BCUT2D eigenvalue weighted by Crippen LogP contribution is 2.37. The lowest BCUT2D eigenvalue weighted by Gasteiger charge is -2.24. The zero-order valence-electron chi connectivity index (χ0n) is 14.2. The van der Waals surface area contributed by atoms with Crippen LogP contribution in [0.4, 0.5) is 5.82 Å². The summed E-state index contributed by atoms with van der Waals surface area (Å²) in [6.07, 6.45) is 2.04. The van der Waals surface area contributed by atoms with Crippen LogP contribution in [0.25, 0.3) is 0 Å². The maximum atomic E-state index is 12.3. The zero-order chi connectivity index (χ0) is 19.0. The number of rotatable bonds is 4. The van der Waals surface area contributed by atoms with E-state index in [0.29, 0.717) is 17.4 Å². The standard InChI is InChI=1S/C20H16ClN3O3/c21-17-4-2-1-3-14(17)11-24-19-16(10-22-24)15(9-18(25)23-19)12-5-7-13(8-6-12)20(26)27/h1-8,10,15H,9,11H2,(H,23,25)(H,26,27)/t15-/m1/s1. The number of carboxylic acid groups (broad SMARTS) is 1. The lowest BCUT2D eigenvalue weighted by molar-refractivity contribution is -0.116. The molecule has 136 valence electrons. The van der Waals surface area contributed by atoms with Gasteiger partial charge in [0.2, 0.25) is 5.91 Å². The maximum Gasteiger partial charge on any atom is 0.335 e. The second-order valence-electron chi connectivity index (χ2n) is 6.43. The summed E-state index contributed by atoms with van der Waals surface area (Å²) >= 11 is 6.24. The molecule has 1 atom stereocenters. The summed E-state index contributed by atoms with van der Waals surface area (Å²) < 4.78 is 1.73. The fourth-order valence-corrected chi connectivity index (χ4v) is 3.53. The summed E-state index contributed by atoms with van der Waals surface area (Å²) in [5.41, 5.74) is 2.92. The number of benzene rings is 2. The van der Waals surface area contributed by atoms with Gasteiger partial charge in [-0.2, -0.15) is 5.10 Å². The van der Waals surface area contributed by atoms with Gasteiger partial charge >= 0.3 is 5.97 Å². The first-order valence-corrected chi connectivity index (χ1v) is 8.83. The molecule has 0 unspecified atom stereocenters. The first-order chi connectivity index (χ1) is 13.0. The number of carbonyl (C=O) groups is 2. The Morgan fingerprint density at radius 1 is 1.22 bits per heavy atom. The topological polar surface area (TPSA) is 84.2 Å². The third kappa shape index (κ3) is 3.31. The monoisotopic (exact) mass is 381 g/mol. The Bertz CT molecular complexity index is 1030. The van der Waals surface area contributed by atoms with Crippen molar-refractivity contribution in [3.63, 3.8) is 0 Å². The Kier molecular flexibility index (Phi) is 4.41. The number of aromatic carboxylic acids is 1. The van der Waals surface area contributed by atoms with Crippen molar-refractivity contribution in [1.82, 2.24) is 9.78 Å². The number of anilines is 1. The molecule has 0 radical (unpaired) electrons. The Hall–Kier alpha value is -3.12. The van der Waals surface area contributed by atoms with Crippen molar-refractivity contribution in [1.29, 1.82) is 0 Å². The van der Waals surface area contributed by atoms with Gasteiger partial charge in [-0.3, -0.25) is 4.79 Å². The van der Waals surface area contributed by atoms with Gasteiger partial charge in [-0.1, -0.05) is 41.9 Å². The molecular formula is C20H16ClN3O3. The molecule has 27 heavy (non-hydrogen) atoms. The molecule has 2 aromatic carbocycles. The van der Waals surface area contributed by atoms with Crippen LogP contribution in [0.3, 0.4) is 0 Å². The molecule has 0 spiro atoms. The van der Waals surface area contributed by atoms with Gasteiger partial charge in [0.25, 0.3) is 0 Å². The molecule has 0 aliphatic carbocycles. The second-order valence-corrected chi connectivity index (χ2v) is 6.84. The molecular weight excluding hydrogens is 366 g/mol. The smallest absolute Gasteiger partial charge is 0.335 e. The van der Waals surface area contributed by atoms with Crippen LogP contribution >= 0.6 is 11.6 Å². The molecule has 2 N–H and O–H groups in total. The minimum absolute atomic E-state index is 0.101. The van der Waals surface area contributed by atoms with Crippen molar-refractivity contribution >= 4 is 29.3 Å². The van der Waals surface area contributed by atoms with Crippen molar-refractivity contribution in [2.45, 2.75) is 18.9 Å². The average Bonchev–Trinajstić information content (AvgIpc) is 3.05. The largest absolute Gasteiger partial charge is 0.478 e. The number of carboxylic acids is 1. The van der Waals surface area contributed by atoms with Gasteiger partial charge in [-0.15, -0.1) is 0 Å². The van der Waals surface area contributed by atoms with Crippen LogP contribution in [0.2, 0.25) is 5.02 Å². The lowest BCUT2D eigenvalue weighted by atomic mass is 9.87. The first-order valence-electron chi connectivity index (χ1n) is 8.45. The molecule has 3 aromatic rings. The van der Waals surface area contributed by atoms with Crippen LogP contribution < -0.4 is 5.32 Å². The normalized spacial score (nSPS) is 15.9. The number of nitrogens with zero attached hydrogens (tertiary/aromatic N) is 2. The van der Waals surface area contributed by atoms with E-state index in [1.54, 1.807) is 35.1 Å². The molecule has 2 heterocycles. The van der Waals surface area contributed by atoms with Gasteiger partial charge in [-0.05, 0) is 29.3 Å². The van der Waals surface area contributed by atoms with E-state index in [1.807, 2.05) is 24.3 Å². The summed E-state index contributed by atoms with van der Waals surface area (Å²) in [6.45, 7) is 0.444. The highest BCUT2D eigenvalue weighted by atomic mass is 35.5. The fraction of sp³-hybridized carbons (Fsp3) is 0.150. The van der Waals surface area contributed by atoms with E-state index in [2.05, 4.69) is 10.4 Å². The van der Waals surface area contributed by atoms with Crippen molar-refractivity contribution in [3.8, 4) is 0 Å². The third-order valence-electron chi connectivity index (χ3n) is 4.73. The van der Waals surface area contributed by atoms with Gasteiger partial charge in [0, 0.05) is 22.9 Å². The van der Waals surface area contributed by atoms with Crippen molar-refractivity contribution in [3.05, 3.63) is 82.0 Å². The number of hydrogen-bond acceptors (Lipinski definition) is 3. The SMILES string of the molecule is O=C1C[C@H](c2ccc(C(=O)O)cc2)c2cnn(Cc3ccccc3Cl)c2N1. The van der Waals surface area contributed by atoms with Crippen LogP contribution in [-0.2, 0) is 11.3 Å².